The van der Waals surface area contributed by atoms with E-state index in [2.05, 4.69) is 23.4 Å². The maximum absolute atomic E-state index is 6.04. The van der Waals surface area contributed by atoms with Crippen LogP contribution in [0, 0.1) is 0 Å². The van der Waals surface area contributed by atoms with Gasteiger partial charge in [-0.15, -0.1) is 0 Å². The zero-order valence-corrected chi connectivity index (χ0v) is 12.5. The second-order valence-corrected chi connectivity index (χ2v) is 5.61. The molecule has 0 saturated carbocycles. The molecule has 104 valence electrons. The van der Waals surface area contributed by atoms with E-state index in [0.717, 1.165) is 17.5 Å². The van der Waals surface area contributed by atoms with E-state index in [4.69, 9.17) is 17.3 Å². The predicted octanol–water partition coefficient (Wildman–Crippen LogP) is 4.80. The van der Waals surface area contributed by atoms with Crippen LogP contribution in [-0.4, -0.2) is 9.55 Å². The van der Waals surface area contributed by atoms with Gasteiger partial charge in [0.2, 0.25) is 5.95 Å². The van der Waals surface area contributed by atoms with Gasteiger partial charge in [0.25, 0.3) is 0 Å². The van der Waals surface area contributed by atoms with Gasteiger partial charge in [-0.3, -0.25) is 0 Å². The first-order chi connectivity index (χ1) is 9.13. The number of hydrogen-bond acceptors (Lipinski definition) is 2. The van der Waals surface area contributed by atoms with Crippen molar-refractivity contribution in [1.82, 2.24) is 9.55 Å². The van der Waals surface area contributed by atoms with Crippen LogP contribution in [0.1, 0.15) is 52.0 Å². The highest BCUT2D eigenvalue weighted by molar-refractivity contribution is 6.31. The van der Waals surface area contributed by atoms with Crippen LogP contribution < -0.4 is 5.73 Å². The van der Waals surface area contributed by atoms with Gasteiger partial charge in [-0.1, -0.05) is 44.2 Å². The van der Waals surface area contributed by atoms with Gasteiger partial charge >= 0.3 is 0 Å². The second-order valence-electron chi connectivity index (χ2n) is 5.17. The van der Waals surface area contributed by atoms with E-state index in [1.165, 1.54) is 25.7 Å². The van der Waals surface area contributed by atoms with Gasteiger partial charge in [-0.25, -0.2) is 4.98 Å². The van der Waals surface area contributed by atoms with E-state index in [1.54, 1.807) is 0 Å². The lowest BCUT2D eigenvalue weighted by Crippen LogP contribution is -2.08. The minimum absolute atomic E-state index is 0.378. The standard InChI is InChI=1S/C15H22ClN3/c1-3-4-5-6-7-11(2)19-14-9-8-12(16)10-13(14)18-15(19)17/h8-11H,3-7H2,1-2H3,(H2,17,18). The number of nitrogens with two attached hydrogens (primary N) is 1. The monoisotopic (exact) mass is 279 g/mol. The number of benzene rings is 1. The molecular weight excluding hydrogens is 258 g/mol. The van der Waals surface area contributed by atoms with Gasteiger partial charge in [0.1, 0.15) is 0 Å². The summed E-state index contributed by atoms with van der Waals surface area (Å²) < 4.78 is 2.12. The van der Waals surface area contributed by atoms with Crippen molar-refractivity contribution < 1.29 is 0 Å². The van der Waals surface area contributed by atoms with Crippen molar-refractivity contribution in [3.63, 3.8) is 0 Å². The summed E-state index contributed by atoms with van der Waals surface area (Å²) in [6, 6.07) is 6.14. The third-order valence-electron chi connectivity index (χ3n) is 3.60. The van der Waals surface area contributed by atoms with Crippen LogP contribution in [-0.2, 0) is 0 Å². The number of imidazole rings is 1. The first kappa shape index (κ1) is 14.2. The Morgan fingerprint density at radius 1 is 1.32 bits per heavy atom. The zero-order chi connectivity index (χ0) is 13.8. The van der Waals surface area contributed by atoms with Gasteiger partial charge in [-0.2, -0.15) is 0 Å². The number of hydrogen-bond donors (Lipinski definition) is 1. The molecule has 1 aromatic heterocycles. The fraction of sp³-hybridized carbons (Fsp3) is 0.533. The summed E-state index contributed by atoms with van der Waals surface area (Å²) in [5, 5.41) is 0.702. The van der Waals surface area contributed by atoms with Crippen LogP contribution in [0.5, 0.6) is 0 Å². The third-order valence-corrected chi connectivity index (χ3v) is 3.83. The summed E-state index contributed by atoms with van der Waals surface area (Å²) in [5.74, 6) is 0.584. The molecule has 2 aromatic rings. The van der Waals surface area contributed by atoms with Crippen molar-refractivity contribution in [2.45, 2.75) is 52.0 Å². The minimum atomic E-state index is 0.378. The van der Waals surface area contributed by atoms with Crippen LogP contribution in [0.15, 0.2) is 18.2 Å². The SMILES string of the molecule is CCCCCCC(C)n1c(N)nc2cc(Cl)ccc21. The molecule has 0 amide bonds. The molecule has 2 rings (SSSR count). The van der Waals surface area contributed by atoms with Gasteiger partial charge in [-0.05, 0) is 31.5 Å². The summed E-state index contributed by atoms with van der Waals surface area (Å²) in [6.45, 7) is 4.44. The fourth-order valence-corrected chi connectivity index (χ4v) is 2.72. The summed E-state index contributed by atoms with van der Waals surface area (Å²) >= 11 is 5.99. The highest BCUT2D eigenvalue weighted by atomic mass is 35.5. The molecule has 0 radical (unpaired) electrons. The lowest BCUT2D eigenvalue weighted by atomic mass is 10.1. The minimum Gasteiger partial charge on any atom is -0.369 e. The number of unbranched alkanes of at least 4 members (excludes halogenated alkanes) is 3. The molecule has 1 atom stereocenters. The number of anilines is 1. The fourth-order valence-electron chi connectivity index (χ4n) is 2.55. The Hall–Kier alpha value is -1.22. The molecule has 0 fully saturated rings. The number of rotatable bonds is 6. The molecule has 1 heterocycles. The van der Waals surface area contributed by atoms with Crippen molar-refractivity contribution in [3.05, 3.63) is 23.2 Å². The van der Waals surface area contributed by atoms with E-state index in [9.17, 15) is 0 Å². The Kier molecular flexibility index (Phi) is 4.70. The van der Waals surface area contributed by atoms with Crippen molar-refractivity contribution >= 4 is 28.6 Å². The largest absolute Gasteiger partial charge is 0.369 e. The van der Waals surface area contributed by atoms with Crippen LogP contribution in [0.4, 0.5) is 5.95 Å². The lowest BCUT2D eigenvalue weighted by molar-refractivity contribution is 0.486. The maximum atomic E-state index is 6.04. The first-order valence-electron chi connectivity index (χ1n) is 7.06. The molecule has 0 bridgehead atoms. The smallest absolute Gasteiger partial charge is 0.201 e. The van der Waals surface area contributed by atoms with Crippen LogP contribution in [0.25, 0.3) is 11.0 Å². The molecule has 3 nitrogen and oxygen atoms in total. The maximum Gasteiger partial charge on any atom is 0.201 e. The second kappa shape index (κ2) is 6.29. The van der Waals surface area contributed by atoms with E-state index >= 15 is 0 Å². The summed E-state index contributed by atoms with van der Waals surface area (Å²) in [6.07, 6.45) is 6.24. The number of halogens is 1. The number of aromatic nitrogens is 2. The Labute approximate surface area is 119 Å². The molecule has 0 aliphatic carbocycles. The molecule has 0 saturated heterocycles. The normalized spacial score (nSPS) is 13.0. The van der Waals surface area contributed by atoms with E-state index in [-0.39, 0.29) is 0 Å². The van der Waals surface area contributed by atoms with Crippen LogP contribution in [0.3, 0.4) is 0 Å². The molecule has 4 heteroatoms. The molecule has 1 aromatic carbocycles. The zero-order valence-electron chi connectivity index (χ0n) is 11.7. The number of nitrogen functional groups attached to an aromatic ring is 1. The Morgan fingerprint density at radius 2 is 2.11 bits per heavy atom. The van der Waals surface area contributed by atoms with Crippen molar-refractivity contribution in [2.75, 3.05) is 5.73 Å². The Bertz CT molecular complexity index is 548. The molecule has 1 unspecified atom stereocenters. The summed E-state index contributed by atoms with van der Waals surface area (Å²) in [5.41, 5.74) is 8.00. The van der Waals surface area contributed by atoms with E-state index in [0.29, 0.717) is 17.0 Å². The Balaban J connectivity index is 2.16. The van der Waals surface area contributed by atoms with E-state index in [1.807, 2.05) is 18.2 Å². The van der Waals surface area contributed by atoms with Crippen LogP contribution in [0.2, 0.25) is 5.02 Å². The van der Waals surface area contributed by atoms with Crippen molar-refractivity contribution in [3.8, 4) is 0 Å². The quantitative estimate of drug-likeness (QED) is 0.772. The number of fused-ring (bicyclic) bond motifs is 1. The molecule has 19 heavy (non-hydrogen) atoms. The highest BCUT2D eigenvalue weighted by Gasteiger charge is 2.13. The molecule has 0 spiro atoms. The van der Waals surface area contributed by atoms with Crippen molar-refractivity contribution in [2.24, 2.45) is 0 Å². The summed E-state index contributed by atoms with van der Waals surface area (Å²) in [7, 11) is 0. The van der Waals surface area contributed by atoms with Gasteiger partial charge < -0.3 is 10.3 Å². The first-order valence-corrected chi connectivity index (χ1v) is 7.44. The number of nitrogens with zero attached hydrogens (tertiary/aromatic N) is 2. The van der Waals surface area contributed by atoms with Crippen LogP contribution >= 0.6 is 11.6 Å². The summed E-state index contributed by atoms with van der Waals surface area (Å²) in [4.78, 5) is 4.40. The third kappa shape index (κ3) is 3.21. The average Bonchev–Trinajstić information content (AvgIpc) is 2.69. The van der Waals surface area contributed by atoms with Gasteiger partial charge in [0, 0.05) is 11.1 Å². The average molecular weight is 280 g/mol. The molecular formula is C15H22ClN3. The predicted molar refractivity (Wildman–Crippen MR) is 82.6 cm³/mol. The molecule has 0 aliphatic heterocycles. The molecule has 0 aliphatic rings. The lowest BCUT2D eigenvalue weighted by Gasteiger charge is -2.15. The van der Waals surface area contributed by atoms with Crippen molar-refractivity contribution in [1.29, 1.82) is 0 Å². The Morgan fingerprint density at radius 3 is 2.84 bits per heavy atom. The highest BCUT2D eigenvalue weighted by Crippen LogP contribution is 2.27. The molecule has 2 N–H and O–H groups in total. The topological polar surface area (TPSA) is 43.8 Å². The van der Waals surface area contributed by atoms with E-state index < -0.39 is 0 Å². The van der Waals surface area contributed by atoms with Gasteiger partial charge in [0.15, 0.2) is 0 Å². The van der Waals surface area contributed by atoms with Gasteiger partial charge in [0.05, 0.1) is 11.0 Å².